The van der Waals surface area contributed by atoms with Gasteiger partial charge in [0.1, 0.15) is 18.7 Å². The molecule has 2 aromatic heterocycles. The van der Waals surface area contributed by atoms with Crippen LogP contribution in [0.2, 0.25) is 0 Å². The zero-order valence-electron chi connectivity index (χ0n) is 10.5. The van der Waals surface area contributed by atoms with Gasteiger partial charge in [0.2, 0.25) is 0 Å². The first-order chi connectivity index (χ1) is 8.00. The van der Waals surface area contributed by atoms with E-state index in [4.69, 9.17) is 11.6 Å². The number of hydrogen-bond donors (Lipinski definition) is 0. The lowest BCUT2D eigenvalue weighted by atomic mass is 10.1. The minimum absolute atomic E-state index is 0.0248. The summed E-state index contributed by atoms with van der Waals surface area (Å²) in [5, 5.41) is 8.52. The molecule has 0 spiro atoms. The first-order valence-electron chi connectivity index (χ1n) is 5.51. The predicted molar refractivity (Wildman–Crippen MR) is 66.1 cm³/mol. The van der Waals surface area contributed by atoms with Crippen molar-refractivity contribution in [3.05, 3.63) is 29.1 Å². The van der Waals surface area contributed by atoms with Gasteiger partial charge in [-0.25, -0.2) is 4.98 Å². The highest BCUT2D eigenvalue weighted by Crippen LogP contribution is 2.26. The minimum atomic E-state index is -0.0248. The third-order valence-electron chi connectivity index (χ3n) is 2.93. The van der Waals surface area contributed by atoms with Crippen LogP contribution in [0.3, 0.4) is 0 Å². The molecule has 0 aromatic carbocycles. The number of aromatic nitrogens is 5. The Labute approximate surface area is 105 Å². The van der Waals surface area contributed by atoms with E-state index >= 15 is 0 Å². The maximum absolute atomic E-state index is 6.15. The number of hydrogen-bond acceptors (Lipinski definition) is 3. The van der Waals surface area contributed by atoms with Crippen LogP contribution in [-0.2, 0) is 13.6 Å². The summed E-state index contributed by atoms with van der Waals surface area (Å²) in [6, 6.07) is 0. The lowest BCUT2D eigenvalue weighted by molar-refractivity contribution is 0.592. The largest absolute Gasteiger partial charge is 0.262 e. The van der Waals surface area contributed by atoms with Crippen LogP contribution >= 0.6 is 11.6 Å². The van der Waals surface area contributed by atoms with Crippen molar-refractivity contribution in [2.24, 2.45) is 7.05 Å². The van der Waals surface area contributed by atoms with Crippen LogP contribution in [0.4, 0.5) is 0 Å². The van der Waals surface area contributed by atoms with Crippen molar-refractivity contribution in [1.82, 2.24) is 24.5 Å². The lowest BCUT2D eigenvalue weighted by Crippen LogP contribution is -2.09. The Morgan fingerprint density at radius 2 is 2.12 bits per heavy atom. The highest BCUT2D eigenvalue weighted by Gasteiger charge is 2.16. The normalized spacial score (nSPS) is 13.0. The average Bonchev–Trinajstić information content (AvgIpc) is 2.73. The number of nitrogens with zero attached hydrogens (tertiary/aromatic N) is 5. The van der Waals surface area contributed by atoms with Gasteiger partial charge in [0, 0.05) is 18.3 Å². The van der Waals surface area contributed by atoms with Crippen LogP contribution in [-0.4, -0.2) is 24.5 Å². The van der Waals surface area contributed by atoms with Crippen LogP contribution < -0.4 is 0 Å². The molecule has 2 rings (SSSR count). The van der Waals surface area contributed by atoms with E-state index in [0.717, 1.165) is 22.8 Å². The van der Waals surface area contributed by atoms with E-state index in [9.17, 15) is 0 Å². The molecule has 6 heteroatoms. The fourth-order valence-electron chi connectivity index (χ4n) is 2.04. The monoisotopic (exact) mass is 253 g/mol. The number of aryl methyl sites for hydroxylation is 2. The molecular formula is C11H16ClN5. The van der Waals surface area contributed by atoms with Crippen molar-refractivity contribution in [1.29, 1.82) is 0 Å². The molecule has 0 aliphatic rings. The zero-order chi connectivity index (χ0) is 12.6. The Kier molecular flexibility index (Phi) is 3.19. The van der Waals surface area contributed by atoms with Crippen LogP contribution in [0.15, 0.2) is 6.33 Å². The molecule has 0 aliphatic heterocycles. The van der Waals surface area contributed by atoms with Gasteiger partial charge in [0.25, 0.3) is 0 Å². The summed E-state index contributed by atoms with van der Waals surface area (Å²) in [6.07, 6.45) is 1.55. The van der Waals surface area contributed by atoms with Gasteiger partial charge in [0.15, 0.2) is 0 Å². The first kappa shape index (κ1) is 12.1. The number of rotatable bonds is 3. The van der Waals surface area contributed by atoms with Gasteiger partial charge < -0.3 is 0 Å². The van der Waals surface area contributed by atoms with Gasteiger partial charge in [-0.15, -0.1) is 11.6 Å². The Balaban J connectivity index is 2.35. The molecule has 0 amide bonds. The van der Waals surface area contributed by atoms with Gasteiger partial charge >= 0.3 is 0 Å². The van der Waals surface area contributed by atoms with Gasteiger partial charge in [-0.2, -0.15) is 10.2 Å². The molecule has 17 heavy (non-hydrogen) atoms. The minimum Gasteiger partial charge on any atom is -0.262 e. The molecule has 92 valence electrons. The van der Waals surface area contributed by atoms with Crippen molar-refractivity contribution >= 4 is 11.6 Å². The summed E-state index contributed by atoms with van der Waals surface area (Å²) in [4.78, 5) is 4.19. The maximum Gasteiger partial charge on any atom is 0.148 e. The van der Waals surface area contributed by atoms with Crippen molar-refractivity contribution in [2.75, 3.05) is 0 Å². The van der Waals surface area contributed by atoms with Crippen LogP contribution in [0.25, 0.3) is 0 Å². The Morgan fingerprint density at radius 1 is 1.41 bits per heavy atom. The third-order valence-corrected chi connectivity index (χ3v) is 3.15. The maximum atomic E-state index is 6.15. The van der Waals surface area contributed by atoms with Crippen LogP contribution in [0.5, 0.6) is 0 Å². The van der Waals surface area contributed by atoms with E-state index in [1.165, 1.54) is 0 Å². The second kappa shape index (κ2) is 4.49. The standard InChI is InChI=1S/C11H16ClN5/c1-7(12)11-8(2)15-17(9(11)3)5-10-13-6-14-16(10)4/h6-7H,5H2,1-4H3. The van der Waals surface area contributed by atoms with Gasteiger partial charge in [-0.05, 0) is 20.8 Å². The summed E-state index contributed by atoms with van der Waals surface area (Å²) in [7, 11) is 1.87. The molecule has 0 radical (unpaired) electrons. The molecule has 0 bridgehead atoms. The Hall–Kier alpha value is -1.36. The third kappa shape index (κ3) is 2.20. The molecule has 0 N–H and O–H groups in total. The molecule has 0 fully saturated rings. The zero-order valence-corrected chi connectivity index (χ0v) is 11.2. The van der Waals surface area contributed by atoms with E-state index in [1.54, 1.807) is 11.0 Å². The fourth-order valence-corrected chi connectivity index (χ4v) is 2.35. The smallest absolute Gasteiger partial charge is 0.148 e. The molecular weight excluding hydrogens is 238 g/mol. The lowest BCUT2D eigenvalue weighted by Gasteiger charge is -2.06. The molecule has 0 aliphatic carbocycles. The molecule has 0 saturated heterocycles. The second-order valence-electron chi connectivity index (χ2n) is 4.16. The summed E-state index contributed by atoms with van der Waals surface area (Å²) >= 11 is 6.15. The SMILES string of the molecule is Cc1nn(Cc2ncnn2C)c(C)c1C(C)Cl. The first-order valence-corrected chi connectivity index (χ1v) is 5.95. The highest BCUT2D eigenvalue weighted by atomic mass is 35.5. The topological polar surface area (TPSA) is 48.5 Å². The van der Waals surface area contributed by atoms with Gasteiger partial charge in [0.05, 0.1) is 11.1 Å². The van der Waals surface area contributed by atoms with Crippen molar-refractivity contribution < 1.29 is 0 Å². The van der Waals surface area contributed by atoms with E-state index in [0.29, 0.717) is 6.54 Å². The summed E-state index contributed by atoms with van der Waals surface area (Å²) in [6.45, 7) is 6.59. The van der Waals surface area contributed by atoms with Gasteiger partial charge in [-0.3, -0.25) is 9.36 Å². The number of halogens is 1. The van der Waals surface area contributed by atoms with E-state index in [1.807, 2.05) is 32.5 Å². The fraction of sp³-hybridized carbons (Fsp3) is 0.545. The van der Waals surface area contributed by atoms with Crippen molar-refractivity contribution in [2.45, 2.75) is 32.7 Å². The van der Waals surface area contributed by atoms with Crippen LogP contribution in [0.1, 0.15) is 35.1 Å². The Bertz CT molecular complexity index is 526. The van der Waals surface area contributed by atoms with Crippen LogP contribution in [0, 0.1) is 13.8 Å². The van der Waals surface area contributed by atoms with E-state index in [2.05, 4.69) is 15.2 Å². The second-order valence-corrected chi connectivity index (χ2v) is 4.81. The predicted octanol–water partition coefficient (Wildman–Crippen LogP) is 1.98. The van der Waals surface area contributed by atoms with Gasteiger partial charge in [-0.1, -0.05) is 0 Å². The number of alkyl halides is 1. The summed E-state index contributed by atoms with van der Waals surface area (Å²) in [5.74, 6) is 0.879. The molecule has 1 atom stereocenters. The quantitative estimate of drug-likeness (QED) is 0.786. The summed E-state index contributed by atoms with van der Waals surface area (Å²) in [5.41, 5.74) is 3.18. The average molecular weight is 254 g/mol. The molecule has 5 nitrogen and oxygen atoms in total. The summed E-state index contributed by atoms with van der Waals surface area (Å²) < 4.78 is 3.67. The molecule has 0 saturated carbocycles. The molecule has 1 unspecified atom stereocenters. The van der Waals surface area contributed by atoms with E-state index < -0.39 is 0 Å². The molecule has 2 aromatic rings. The Morgan fingerprint density at radius 3 is 2.59 bits per heavy atom. The van der Waals surface area contributed by atoms with Crippen molar-refractivity contribution in [3.8, 4) is 0 Å². The van der Waals surface area contributed by atoms with Crippen molar-refractivity contribution in [3.63, 3.8) is 0 Å². The van der Waals surface area contributed by atoms with E-state index in [-0.39, 0.29) is 5.38 Å². The molecule has 2 heterocycles. The highest BCUT2D eigenvalue weighted by molar-refractivity contribution is 6.20.